The highest BCUT2D eigenvalue weighted by atomic mass is 16.5. The van der Waals surface area contributed by atoms with E-state index in [4.69, 9.17) is 4.74 Å². The van der Waals surface area contributed by atoms with Crippen LogP contribution in [-0.4, -0.2) is 25.7 Å². The number of piperidine rings is 1. The first kappa shape index (κ1) is 10.6. The fraction of sp³-hybridized carbons (Fsp3) is 0.462. The van der Waals surface area contributed by atoms with Gasteiger partial charge in [0.05, 0.1) is 5.69 Å². The lowest BCUT2D eigenvalue weighted by molar-refractivity contribution is 0.297. The molecule has 0 atom stereocenters. The molecule has 2 aliphatic rings. The Morgan fingerprint density at radius 3 is 2.71 bits per heavy atom. The quantitative estimate of drug-likeness (QED) is 0.843. The molecule has 2 aliphatic heterocycles. The molecule has 0 aromatic heterocycles. The molecule has 1 aromatic carbocycles. The Morgan fingerprint density at radius 2 is 1.94 bits per heavy atom. The number of rotatable bonds is 2. The second kappa shape index (κ2) is 4.75. The Labute approximate surface area is 101 Å². The van der Waals surface area contributed by atoms with Crippen LogP contribution in [0, 0.1) is 5.92 Å². The fourth-order valence-electron chi connectivity index (χ4n) is 2.30. The van der Waals surface area contributed by atoms with Gasteiger partial charge in [-0.3, -0.25) is 0 Å². The van der Waals surface area contributed by atoms with Crippen molar-refractivity contribution in [3.8, 4) is 0 Å². The molecule has 4 nitrogen and oxygen atoms in total. The summed E-state index contributed by atoms with van der Waals surface area (Å²) in [6.07, 6.45) is 2.25. The fourth-order valence-corrected chi connectivity index (χ4v) is 2.30. The van der Waals surface area contributed by atoms with Crippen LogP contribution in [0.15, 0.2) is 35.4 Å². The van der Waals surface area contributed by atoms with E-state index in [1.165, 1.54) is 0 Å². The van der Waals surface area contributed by atoms with Gasteiger partial charge in [-0.2, -0.15) is 0 Å². The Morgan fingerprint density at radius 1 is 1.18 bits per heavy atom. The number of benzene rings is 1. The molecule has 0 amide bonds. The SMILES string of the molecule is c1ccc(N2COC(C3CCNCC3)=N2)cc1. The second-order valence-corrected chi connectivity index (χ2v) is 4.47. The summed E-state index contributed by atoms with van der Waals surface area (Å²) in [6, 6.07) is 10.2. The molecule has 2 heterocycles. The maximum absolute atomic E-state index is 5.71. The van der Waals surface area contributed by atoms with E-state index in [-0.39, 0.29) is 0 Å². The van der Waals surface area contributed by atoms with Crippen LogP contribution < -0.4 is 10.3 Å². The maximum atomic E-state index is 5.71. The van der Waals surface area contributed by atoms with Crippen molar-refractivity contribution in [3.63, 3.8) is 0 Å². The molecule has 1 aromatic rings. The summed E-state index contributed by atoms with van der Waals surface area (Å²) in [4.78, 5) is 0. The average molecular weight is 231 g/mol. The van der Waals surface area contributed by atoms with Crippen LogP contribution in [0.1, 0.15) is 12.8 Å². The van der Waals surface area contributed by atoms with Crippen LogP contribution in [0.25, 0.3) is 0 Å². The van der Waals surface area contributed by atoms with E-state index in [9.17, 15) is 0 Å². The lowest BCUT2D eigenvalue weighted by atomic mass is 9.98. The monoisotopic (exact) mass is 231 g/mol. The zero-order valence-electron chi connectivity index (χ0n) is 9.80. The molecule has 0 saturated carbocycles. The van der Waals surface area contributed by atoms with Crippen molar-refractivity contribution in [2.75, 3.05) is 24.8 Å². The van der Waals surface area contributed by atoms with Crippen molar-refractivity contribution in [1.29, 1.82) is 0 Å². The standard InChI is InChI=1S/C13H17N3O/c1-2-4-12(5-3-1)16-10-17-13(15-16)11-6-8-14-9-7-11/h1-5,11,14H,6-10H2. The summed E-state index contributed by atoms with van der Waals surface area (Å²) in [5.41, 5.74) is 1.09. The Balaban J connectivity index is 1.72. The molecule has 17 heavy (non-hydrogen) atoms. The van der Waals surface area contributed by atoms with Gasteiger partial charge in [-0.1, -0.05) is 18.2 Å². The minimum atomic E-state index is 0.491. The summed E-state index contributed by atoms with van der Waals surface area (Å²) in [5, 5.41) is 9.87. The van der Waals surface area contributed by atoms with Crippen LogP contribution in [0.4, 0.5) is 5.69 Å². The van der Waals surface area contributed by atoms with Crippen molar-refractivity contribution in [2.24, 2.45) is 11.0 Å². The third-order valence-electron chi connectivity index (χ3n) is 3.30. The van der Waals surface area contributed by atoms with Gasteiger partial charge < -0.3 is 10.1 Å². The molecule has 0 radical (unpaired) electrons. The largest absolute Gasteiger partial charge is 0.456 e. The average Bonchev–Trinajstić information content (AvgIpc) is 2.90. The van der Waals surface area contributed by atoms with Crippen LogP contribution in [0.2, 0.25) is 0 Å². The molecular formula is C13H17N3O. The lowest BCUT2D eigenvalue weighted by Crippen LogP contribution is -2.31. The molecule has 1 N–H and O–H groups in total. The topological polar surface area (TPSA) is 36.9 Å². The number of nitrogens with one attached hydrogen (secondary N) is 1. The highest BCUT2D eigenvalue weighted by molar-refractivity contribution is 5.81. The van der Waals surface area contributed by atoms with Gasteiger partial charge in [0.1, 0.15) is 0 Å². The predicted octanol–water partition coefficient (Wildman–Crippen LogP) is 1.79. The number of hydrogen-bond acceptors (Lipinski definition) is 4. The summed E-state index contributed by atoms with van der Waals surface area (Å²) in [7, 11) is 0. The third kappa shape index (κ3) is 2.26. The van der Waals surface area contributed by atoms with E-state index in [0.717, 1.165) is 37.5 Å². The van der Waals surface area contributed by atoms with E-state index in [0.29, 0.717) is 12.6 Å². The van der Waals surface area contributed by atoms with Crippen LogP contribution in [0.5, 0.6) is 0 Å². The Kier molecular flexibility index (Phi) is 2.96. The van der Waals surface area contributed by atoms with Gasteiger partial charge in [0.2, 0.25) is 5.90 Å². The Hall–Kier alpha value is -1.55. The Bertz CT molecular complexity index is 398. The number of nitrogens with zero attached hydrogens (tertiary/aromatic N) is 2. The molecule has 4 heteroatoms. The molecule has 0 bridgehead atoms. The van der Waals surface area contributed by atoms with Crippen molar-refractivity contribution < 1.29 is 4.74 Å². The van der Waals surface area contributed by atoms with Crippen molar-refractivity contribution in [2.45, 2.75) is 12.8 Å². The number of anilines is 1. The van der Waals surface area contributed by atoms with Gasteiger partial charge in [0, 0.05) is 5.92 Å². The van der Waals surface area contributed by atoms with E-state index in [1.807, 2.05) is 23.2 Å². The predicted molar refractivity (Wildman–Crippen MR) is 67.9 cm³/mol. The number of para-hydroxylation sites is 1. The van der Waals surface area contributed by atoms with Crippen molar-refractivity contribution >= 4 is 11.6 Å². The van der Waals surface area contributed by atoms with E-state index in [2.05, 4.69) is 22.6 Å². The van der Waals surface area contributed by atoms with Crippen LogP contribution >= 0.6 is 0 Å². The number of hydrazone groups is 1. The molecule has 0 unspecified atom stereocenters. The van der Waals surface area contributed by atoms with Gasteiger partial charge in [-0.15, -0.1) is 5.10 Å². The van der Waals surface area contributed by atoms with E-state index >= 15 is 0 Å². The molecule has 1 saturated heterocycles. The second-order valence-electron chi connectivity index (χ2n) is 4.47. The van der Waals surface area contributed by atoms with Crippen LogP contribution in [0.3, 0.4) is 0 Å². The van der Waals surface area contributed by atoms with Crippen molar-refractivity contribution in [3.05, 3.63) is 30.3 Å². The lowest BCUT2D eigenvalue weighted by Gasteiger charge is -2.20. The number of hydrogen-bond donors (Lipinski definition) is 1. The summed E-state index contributed by atoms with van der Waals surface area (Å²) >= 11 is 0. The smallest absolute Gasteiger partial charge is 0.211 e. The molecule has 0 spiro atoms. The highest BCUT2D eigenvalue weighted by Crippen LogP contribution is 2.23. The molecule has 1 fully saturated rings. The zero-order chi connectivity index (χ0) is 11.5. The first-order valence-electron chi connectivity index (χ1n) is 6.18. The van der Waals surface area contributed by atoms with Gasteiger partial charge >= 0.3 is 0 Å². The molecule has 90 valence electrons. The normalized spacial score (nSPS) is 21.2. The number of ether oxygens (including phenoxy) is 1. The third-order valence-corrected chi connectivity index (χ3v) is 3.30. The summed E-state index contributed by atoms with van der Waals surface area (Å²) in [6.45, 7) is 2.68. The van der Waals surface area contributed by atoms with Crippen molar-refractivity contribution in [1.82, 2.24) is 5.32 Å². The summed E-state index contributed by atoms with van der Waals surface area (Å²) < 4.78 is 5.71. The van der Waals surface area contributed by atoms with Gasteiger partial charge in [0.25, 0.3) is 0 Å². The molecule has 0 aliphatic carbocycles. The van der Waals surface area contributed by atoms with Gasteiger partial charge in [-0.05, 0) is 38.1 Å². The van der Waals surface area contributed by atoms with Crippen LogP contribution in [-0.2, 0) is 4.74 Å². The summed E-state index contributed by atoms with van der Waals surface area (Å²) in [5.74, 6) is 1.40. The first-order valence-corrected chi connectivity index (χ1v) is 6.18. The van der Waals surface area contributed by atoms with Gasteiger partial charge in [-0.25, -0.2) is 5.01 Å². The first-order chi connectivity index (χ1) is 8.43. The molecule has 3 rings (SSSR count). The maximum Gasteiger partial charge on any atom is 0.211 e. The molecular weight excluding hydrogens is 214 g/mol. The zero-order valence-corrected chi connectivity index (χ0v) is 9.80. The van der Waals surface area contributed by atoms with E-state index < -0.39 is 0 Å². The highest BCUT2D eigenvalue weighted by Gasteiger charge is 2.26. The van der Waals surface area contributed by atoms with Gasteiger partial charge in [0.15, 0.2) is 6.73 Å². The minimum Gasteiger partial charge on any atom is -0.456 e. The minimum absolute atomic E-state index is 0.491. The van der Waals surface area contributed by atoms with E-state index in [1.54, 1.807) is 0 Å².